The highest BCUT2D eigenvalue weighted by atomic mass is 35.5. The second-order valence-electron chi connectivity index (χ2n) is 4.46. The summed E-state index contributed by atoms with van der Waals surface area (Å²) in [6.45, 7) is 1.99. The van der Waals surface area contributed by atoms with Crippen LogP contribution in [0.3, 0.4) is 0 Å². The summed E-state index contributed by atoms with van der Waals surface area (Å²) in [4.78, 5) is 0. The number of benzene rings is 1. The van der Waals surface area contributed by atoms with Crippen LogP contribution in [-0.2, 0) is 13.5 Å². The molecule has 0 saturated carbocycles. The first-order valence-electron chi connectivity index (χ1n) is 5.92. The van der Waals surface area contributed by atoms with Gasteiger partial charge in [0.05, 0.1) is 11.7 Å². The molecule has 0 aliphatic heterocycles. The number of hydrogen-bond donors (Lipinski definition) is 2. The third kappa shape index (κ3) is 3.09. The van der Waals surface area contributed by atoms with Gasteiger partial charge in [0.1, 0.15) is 0 Å². The lowest BCUT2D eigenvalue weighted by Gasteiger charge is -2.15. The van der Waals surface area contributed by atoms with Gasteiger partial charge in [0, 0.05) is 22.8 Å². The fraction of sp³-hybridized carbons (Fsp3) is 0.308. The van der Waals surface area contributed by atoms with E-state index < -0.39 is 0 Å². The Kier molecular flexibility index (Phi) is 4.47. The minimum absolute atomic E-state index is 0.128. The molecule has 3 N–H and O–H groups in total. The van der Waals surface area contributed by atoms with Crippen LogP contribution in [0.15, 0.2) is 24.3 Å². The van der Waals surface area contributed by atoms with Gasteiger partial charge in [-0.15, -0.1) is 0 Å². The Balaban J connectivity index is 2.29. The number of aromatic nitrogens is 2. The number of hydrogen-bond acceptors (Lipinski definition) is 3. The fourth-order valence-electron chi connectivity index (χ4n) is 1.94. The van der Waals surface area contributed by atoms with Gasteiger partial charge in [0.15, 0.2) is 0 Å². The lowest BCUT2D eigenvalue weighted by molar-refractivity contribution is 0.529. The highest BCUT2D eigenvalue weighted by molar-refractivity contribution is 6.36. The van der Waals surface area contributed by atoms with Gasteiger partial charge in [-0.2, -0.15) is 5.10 Å². The van der Waals surface area contributed by atoms with Gasteiger partial charge in [-0.05, 0) is 37.1 Å². The van der Waals surface area contributed by atoms with Crippen molar-refractivity contribution in [1.29, 1.82) is 0 Å². The Bertz CT molecular complexity index is 540. The molecule has 1 unspecified atom stereocenters. The lowest BCUT2D eigenvalue weighted by atomic mass is 10.0. The summed E-state index contributed by atoms with van der Waals surface area (Å²) >= 11 is 12.4. The van der Waals surface area contributed by atoms with Crippen LogP contribution in [-0.4, -0.2) is 9.78 Å². The van der Waals surface area contributed by atoms with Crippen LogP contribution in [0.25, 0.3) is 0 Å². The molecule has 2 aromatic rings. The monoisotopic (exact) mass is 298 g/mol. The van der Waals surface area contributed by atoms with Crippen LogP contribution in [0.5, 0.6) is 0 Å². The first-order valence-corrected chi connectivity index (χ1v) is 6.68. The average Bonchev–Trinajstić information content (AvgIpc) is 2.69. The topological polar surface area (TPSA) is 55.9 Å². The molecule has 0 bridgehead atoms. The van der Waals surface area contributed by atoms with E-state index in [-0.39, 0.29) is 6.04 Å². The number of nitrogens with zero attached hydrogens (tertiary/aromatic N) is 2. The van der Waals surface area contributed by atoms with E-state index in [1.807, 2.05) is 42.9 Å². The van der Waals surface area contributed by atoms with Crippen molar-refractivity contribution in [2.45, 2.75) is 19.4 Å². The van der Waals surface area contributed by atoms with Crippen LogP contribution < -0.4 is 11.3 Å². The van der Waals surface area contributed by atoms with E-state index in [1.54, 1.807) is 0 Å². The first-order chi connectivity index (χ1) is 9.02. The van der Waals surface area contributed by atoms with Crippen LogP contribution in [0.4, 0.5) is 0 Å². The van der Waals surface area contributed by atoms with E-state index in [9.17, 15) is 0 Å². The molecule has 0 saturated heterocycles. The minimum Gasteiger partial charge on any atom is -0.273 e. The van der Waals surface area contributed by atoms with Crippen molar-refractivity contribution in [3.63, 3.8) is 0 Å². The predicted molar refractivity (Wildman–Crippen MR) is 78.2 cm³/mol. The van der Waals surface area contributed by atoms with Crippen molar-refractivity contribution >= 4 is 23.2 Å². The molecule has 19 heavy (non-hydrogen) atoms. The summed E-state index contributed by atoms with van der Waals surface area (Å²) < 4.78 is 1.81. The molecule has 0 radical (unpaired) electrons. The standard InChI is InChI=1S/C13H16Cl2N4/c1-8-6-13(18-19(8)2)12(17-16)7-9-10(14)4-3-5-11(9)15/h3-6,12,17H,7,16H2,1-2H3. The maximum Gasteiger partial charge on any atom is 0.0813 e. The van der Waals surface area contributed by atoms with Gasteiger partial charge in [-0.3, -0.25) is 16.0 Å². The lowest BCUT2D eigenvalue weighted by Crippen LogP contribution is -2.30. The molecule has 1 atom stereocenters. The molecule has 102 valence electrons. The van der Waals surface area contributed by atoms with Crippen molar-refractivity contribution < 1.29 is 0 Å². The Hall–Kier alpha value is -1.07. The number of nitrogens with one attached hydrogen (secondary N) is 1. The number of halogens is 2. The normalized spacial score (nSPS) is 12.7. The molecule has 0 amide bonds. The largest absolute Gasteiger partial charge is 0.273 e. The van der Waals surface area contributed by atoms with Crippen LogP contribution >= 0.6 is 23.2 Å². The van der Waals surface area contributed by atoms with Gasteiger partial charge in [-0.25, -0.2) is 0 Å². The highest BCUT2D eigenvalue weighted by Crippen LogP contribution is 2.28. The second kappa shape index (κ2) is 5.92. The van der Waals surface area contributed by atoms with Crippen molar-refractivity contribution in [1.82, 2.24) is 15.2 Å². The summed E-state index contributed by atoms with van der Waals surface area (Å²) in [7, 11) is 1.90. The van der Waals surface area contributed by atoms with Gasteiger partial charge < -0.3 is 0 Å². The van der Waals surface area contributed by atoms with Gasteiger partial charge >= 0.3 is 0 Å². The molecule has 2 rings (SSSR count). The SMILES string of the molecule is Cc1cc(C(Cc2c(Cl)cccc2Cl)NN)nn1C. The number of nitrogens with two attached hydrogens (primary N) is 1. The third-order valence-corrected chi connectivity index (χ3v) is 3.87. The summed E-state index contributed by atoms with van der Waals surface area (Å²) in [5, 5.41) is 5.70. The Morgan fingerprint density at radius 1 is 1.37 bits per heavy atom. The van der Waals surface area contributed by atoms with E-state index in [1.165, 1.54) is 0 Å². The number of hydrazine groups is 1. The molecular weight excluding hydrogens is 283 g/mol. The van der Waals surface area contributed by atoms with Crippen molar-refractivity contribution in [3.05, 3.63) is 51.3 Å². The van der Waals surface area contributed by atoms with Gasteiger partial charge in [-0.1, -0.05) is 29.3 Å². The van der Waals surface area contributed by atoms with Crippen LogP contribution in [0.1, 0.15) is 23.0 Å². The average molecular weight is 299 g/mol. The Labute approximate surface area is 122 Å². The van der Waals surface area contributed by atoms with E-state index in [0.29, 0.717) is 16.5 Å². The minimum atomic E-state index is -0.128. The molecule has 4 nitrogen and oxygen atoms in total. The van der Waals surface area contributed by atoms with Gasteiger partial charge in [0.25, 0.3) is 0 Å². The predicted octanol–water partition coefficient (Wildman–Crippen LogP) is 2.78. The van der Waals surface area contributed by atoms with E-state index in [2.05, 4.69) is 10.5 Å². The summed E-state index contributed by atoms with van der Waals surface area (Å²) in [5.41, 5.74) is 5.58. The summed E-state index contributed by atoms with van der Waals surface area (Å²) in [6.07, 6.45) is 0.589. The zero-order valence-corrected chi connectivity index (χ0v) is 12.3. The zero-order chi connectivity index (χ0) is 14.0. The maximum absolute atomic E-state index is 6.18. The fourth-order valence-corrected chi connectivity index (χ4v) is 2.49. The molecule has 6 heteroatoms. The molecule has 0 spiro atoms. The Morgan fingerprint density at radius 3 is 2.47 bits per heavy atom. The smallest absolute Gasteiger partial charge is 0.0813 e. The molecule has 1 aromatic carbocycles. The van der Waals surface area contributed by atoms with Gasteiger partial charge in [0.2, 0.25) is 0 Å². The Morgan fingerprint density at radius 2 is 2.00 bits per heavy atom. The van der Waals surface area contributed by atoms with E-state index in [4.69, 9.17) is 29.0 Å². The van der Waals surface area contributed by atoms with Crippen molar-refractivity contribution in [2.24, 2.45) is 12.9 Å². The first kappa shape index (κ1) is 14.3. The van der Waals surface area contributed by atoms with Crippen LogP contribution in [0.2, 0.25) is 10.0 Å². The quantitative estimate of drug-likeness (QED) is 0.674. The molecule has 0 aliphatic carbocycles. The maximum atomic E-state index is 6.18. The molecular formula is C13H16Cl2N4. The summed E-state index contributed by atoms with van der Waals surface area (Å²) in [6, 6.07) is 7.33. The molecule has 0 aliphatic rings. The highest BCUT2D eigenvalue weighted by Gasteiger charge is 2.17. The number of aryl methyl sites for hydroxylation is 2. The van der Waals surface area contributed by atoms with Crippen molar-refractivity contribution in [2.75, 3.05) is 0 Å². The summed E-state index contributed by atoms with van der Waals surface area (Å²) in [5.74, 6) is 5.63. The van der Waals surface area contributed by atoms with Crippen molar-refractivity contribution in [3.8, 4) is 0 Å². The van der Waals surface area contributed by atoms with Crippen LogP contribution in [0, 0.1) is 6.92 Å². The zero-order valence-electron chi connectivity index (χ0n) is 10.8. The number of rotatable bonds is 4. The molecule has 1 aromatic heterocycles. The molecule has 1 heterocycles. The second-order valence-corrected chi connectivity index (χ2v) is 5.27. The molecule has 0 fully saturated rings. The third-order valence-electron chi connectivity index (χ3n) is 3.16. The van der Waals surface area contributed by atoms with E-state index in [0.717, 1.165) is 17.0 Å². The van der Waals surface area contributed by atoms with E-state index >= 15 is 0 Å².